The molecule has 0 radical (unpaired) electrons. The van der Waals surface area contributed by atoms with Gasteiger partial charge in [0.25, 0.3) is 0 Å². The second-order valence-electron chi connectivity index (χ2n) is 3.26. The molecule has 0 spiro atoms. The van der Waals surface area contributed by atoms with Gasteiger partial charge in [0.05, 0.1) is 23.3 Å². The van der Waals surface area contributed by atoms with Crippen molar-refractivity contribution >= 4 is 17.3 Å². The lowest BCUT2D eigenvalue weighted by molar-refractivity contribution is 0.0959. The van der Waals surface area contributed by atoms with Gasteiger partial charge in [0.2, 0.25) is 5.78 Å². The number of carbonyl (C=O) groups excluding carboxylic acids is 2. The largest absolute Gasteiger partial charge is 0.507 e. The number of rotatable bonds is 0. The van der Waals surface area contributed by atoms with Gasteiger partial charge in [-0.25, -0.2) is 0 Å². The number of hydrogen-bond donors (Lipinski definition) is 3. The van der Waals surface area contributed by atoms with Crippen molar-refractivity contribution < 1.29 is 19.8 Å². The molecule has 2 rings (SSSR count). The highest BCUT2D eigenvalue weighted by Gasteiger charge is 2.32. The number of benzene rings is 1. The first-order valence-corrected chi connectivity index (χ1v) is 4.22. The Morgan fingerprint density at radius 2 is 1.60 bits per heavy atom. The molecule has 0 atom stereocenters. The van der Waals surface area contributed by atoms with Gasteiger partial charge in [-0.15, -0.1) is 0 Å². The van der Waals surface area contributed by atoms with Crippen molar-refractivity contribution in [3.8, 4) is 11.5 Å². The van der Waals surface area contributed by atoms with Crippen molar-refractivity contribution in [3.63, 3.8) is 0 Å². The maximum atomic E-state index is 11.5. The molecule has 0 saturated carbocycles. The highest BCUT2D eigenvalue weighted by atomic mass is 16.3. The van der Waals surface area contributed by atoms with E-state index in [1.165, 1.54) is 0 Å². The van der Waals surface area contributed by atoms with Crippen LogP contribution in [0.1, 0.15) is 27.1 Å². The number of hydrogen-bond acceptors (Lipinski definition) is 5. The summed E-state index contributed by atoms with van der Waals surface area (Å²) < 4.78 is 0. The minimum atomic E-state index is -0.710. The summed E-state index contributed by atoms with van der Waals surface area (Å²) in [6, 6.07) is 2.27. The summed E-state index contributed by atoms with van der Waals surface area (Å²) in [5.41, 5.74) is -0.819. The van der Waals surface area contributed by atoms with Crippen LogP contribution in [-0.2, 0) is 0 Å². The molecule has 0 amide bonds. The fourth-order valence-corrected chi connectivity index (χ4v) is 1.57. The standard InChI is InChI=1S/C10H7NO4/c11-4-3-7(14)8-5(12)1-2-6(13)9(8)10(4)15/h1-2,11-13H,3H2. The van der Waals surface area contributed by atoms with Crippen molar-refractivity contribution in [2.45, 2.75) is 6.42 Å². The molecule has 0 fully saturated rings. The molecule has 3 N–H and O–H groups in total. The molecule has 1 aromatic rings. The number of Topliss-reactive ketones (excluding diaryl/α,β-unsaturated/α-hetero) is 2. The van der Waals surface area contributed by atoms with Gasteiger partial charge in [-0.2, -0.15) is 0 Å². The number of phenols is 2. The molecule has 0 heterocycles. The van der Waals surface area contributed by atoms with Crippen molar-refractivity contribution in [2.24, 2.45) is 0 Å². The maximum absolute atomic E-state index is 11.5. The first kappa shape index (κ1) is 9.39. The Labute approximate surface area is 84.5 Å². The monoisotopic (exact) mass is 205 g/mol. The Morgan fingerprint density at radius 3 is 2.20 bits per heavy atom. The zero-order chi connectivity index (χ0) is 11.2. The van der Waals surface area contributed by atoms with Crippen LogP contribution < -0.4 is 0 Å². The predicted molar refractivity (Wildman–Crippen MR) is 50.8 cm³/mol. The van der Waals surface area contributed by atoms with E-state index in [0.29, 0.717) is 0 Å². The second kappa shape index (κ2) is 2.91. The molecule has 1 aliphatic rings. The van der Waals surface area contributed by atoms with Crippen LogP contribution in [0.3, 0.4) is 0 Å². The van der Waals surface area contributed by atoms with Crippen LogP contribution in [-0.4, -0.2) is 27.5 Å². The van der Waals surface area contributed by atoms with Gasteiger partial charge in [0, 0.05) is 0 Å². The van der Waals surface area contributed by atoms with E-state index in [4.69, 9.17) is 5.41 Å². The topological polar surface area (TPSA) is 98.5 Å². The van der Waals surface area contributed by atoms with Crippen LogP contribution in [0, 0.1) is 5.41 Å². The van der Waals surface area contributed by atoms with E-state index < -0.39 is 11.6 Å². The summed E-state index contributed by atoms with van der Waals surface area (Å²) in [7, 11) is 0. The van der Waals surface area contributed by atoms with Crippen molar-refractivity contribution in [1.82, 2.24) is 0 Å². The average Bonchev–Trinajstić information content (AvgIpc) is 2.18. The van der Waals surface area contributed by atoms with Gasteiger partial charge < -0.3 is 15.6 Å². The third-order valence-electron chi connectivity index (χ3n) is 2.28. The van der Waals surface area contributed by atoms with Gasteiger partial charge in [0.1, 0.15) is 11.5 Å². The lowest BCUT2D eigenvalue weighted by Gasteiger charge is -2.16. The molecule has 0 aliphatic heterocycles. The molecule has 1 aliphatic carbocycles. The first-order valence-electron chi connectivity index (χ1n) is 4.22. The van der Waals surface area contributed by atoms with Crippen LogP contribution in [0.4, 0.5) is 0 Å². The van der Waals surface area contributed by atoms with Crippen molar-refractivity contribution in [2.75, 3.05) is 0 Å². The average molecular weight is 205 g/mol. The fraction of sp³-hybridized carbons (Fsp3) is 0.100. The van der Waals surface area contributed by atoms with Crippen LogP contribution in [0.15, 0.2) is 12.1 Å². The number of phenolic OH excluding ortho intramolecular Hbond substituents is 2. The molecular formula is C10H7NO4. The molecule has 5 nitrogen and oxygen atoms in total. The van der Waals surface area contributed by atoms with Gasteiger partial charge in [-0.1, -0.05) is 0 Å². The van der Waals surface area contributed by atoms with Crippen molar-refractivity contribution in [3.05, 3.63) is 23.3 Å². The molecule has 76 valence electrons. The van der Waals surface area contributed by atoms with E-state index in [9.17, 15) is 19.8 Å². The molecule has 1 aromatic carbocycles. The summed E-state index contributed by atoms with van der Waals surface area (Å²) in [5.74, 6) is -1.96. The first-order chi connectivity index (χ1) is 7.02. The highest BCUT2D eigenvalue weighted by Crippen LogP contribution is 2.33. The smallest absolute Gasteiger partial charge is 0.211 e. The van der Waals surface area contributed by atoms with Crippen LogP contribution in [0.5, 0.6) is 11.5 Å². The van der Waals surface area contributed by atoms with E-state index in [2.05, 4.69) is 0 Å². The van der Waals surface area contributed by atoms with Crippen molar-refractivity contribution in [1.29, 1.82) is 5.41 Å². The Morgan fingerprint density at radius 1 is 1.07 bits per heavy atom. The summed E-state index contributed by atoms with van der Waals surface area (Å²) in [5, 5.41) is 26.1. The molecule has 0 aromatic heterocycles. The Bertz CT molecular complexity index is 504. The van der Waals surface area contributed by atoms with Crippen LogP contribution >= 0.6 is 0 Å². The van der Waals surface area contributed by atoms with Gasteiger partial charge in [0.15, 0.2) is 5.78 Å². The van der Waals surface area contributed by atoms with E-state index in [1.54, 1.807) is 0 Å². The van der Waals surface area contributed by atoms with Crippen LogP contribution in [0.2, 0.25) is 0 Å². The molecule has 0 unspecified atom stereocenters. The zero-order valence-electron chi connectivity index (χ0n) is 7.57. The SMILES string of the molecule is N=C1CC(=O)c2c(O)ccc(O)c2C1=O. The number of fused-ring (bicyclic) bond motifs is 1. The molecule has 5 heteroatoms. The fourth-order valence-electron chi connectivity index (χ4n) is 1.57. The zero-order valence-corrected chi connectivity index (χ0v) is 7.57. The normalized spacial score (nSPS) is 15.3. The van der Waals surface area contributed by atoms with E-state index >= 15 is 0 Å². The molecule has 0 saturated heterocycles. The predicted octanol–water partition coefficient (Wildman–Crippen LogP) is 0.887. The van der Waals surface area contributed by atoms with E-state index in [0.717, 1.165) is 12.1 Å². The minimum Gasteiger partial charge on any atom is -0.507 e. The molecular weight excluding hydrogens is 198 g/mol. The second-order valence-corrected chi connectivity index (χ2v) is 3.26. The van der Waals surface area contributed by atoms with Gasteiger partial charge in [-0.3, -0.25) is 9.59 Å². The lowest BCUT2D eigenvalue weighted by Crippen LogP contribution is -2.26. The Balaban J connectivity index is 2.81. The summed E-state index contributed by atoms with van der Waals surface area (Å²) in [4.78, 5) is 22.9. The summed E-state index contributed by atoms with van der Waals surface area (Å²) in [6.07, 6.45) is -0.331. The van der Waals surface area contributed by atoms with Gasteiger partial charge in [-0.05, 0) is 12.1 Å². The minimum absolute atomic E-state index is 0.184. The molecule has 0 bridgehead atoms. The summed E-state index contributed by atoms with van der Waals surface area (Å²) >= 11 is 0. The third kappa shape index (κ3) is 1.20. The molecule has 15 heavy (non-hydrogen) atoms. The third-order valence-corrected chi connectivity index (χ3v) is 2.28. The van der Waals surface area contributed by atoms with E-state index in [1.807, 2.05) is 0 Å². The number of carbonyl (C=O) groups is 2. The Hall–Kier alpha value is -2.17. The maximum Gasteiger partial charge on any atom is 0.211 e. The van der Waals surface area contributed by atoms with Crippen LogP contribution in [0.25, 0.3) is 0 Å². The number of ketones is 2. The van der Waals surface area contributed by atoms with Gasteiger partial charge >= 0.3 is 0 Å². The lowest BCUT2D eigenvalue weighted by atomic mass is 9.87. The number of aromatic hydroxyl groups is 2. The highest BCUT2D eigenvalue weighted by molar-refractivity contribution is 6.52. The quantitative estimate of drug-likeness (QED) is 0.547. The summed E-state index contributed by atoms with van der Waals surface area (Å²) in [6.45, 7) is 0. The van der Waals surface area contributed by atoms with E-state index in [-0.39, 0.29) is 34.8 Å². The Kier molecular flexibility index (Phi) is 1.82. The number of nitrogens with one attached hydrogen (secondary N) is 1.